The molecule has 0 spiro atoms. The average Bonchev–Trinajstić information content (AvgIpc) is 3.34. The third-order valence-corrected chi connectivity index (χ3v) is 4.60. The lowest BCUT2D eigenvalue weighted by Crippen LogP contribution is -2.18. The summed E-state index contributed by atoms with van der Waals surface area (Å²) in [7, 11) is 0. The molecule has 0 saturated heterocycles. The van der Waals surface area contributed by atoms with Gasteiger partial charge in [-0.25, -0.2) is 14.5 Å². The van der Waals surface area contributed by atoms with E-state index in [0.717, 1.165) is 27.7 Å². The molecule has 4 aromatic heterocycles. The highest BCUT2D eigenvalue weighted by Crippen LogP contribution is 2.19. The molecule has 0 bridgehead atoms. The zero-order valence-corrected chi connectivity index (χ0v) is 15.3. The topological polar surface area (TPSA) is 117 Å². The molecule has 0 saturated carbocycles. The molecule has 9 heteroatoms. The number of primary amides is 1. The summed E-state index contributed by atoms with van der Waals surface area (Å²) >= 11 is 0. The first-order valence-corrected chi connectivity index (χ1v) is 9.00. The number of fused-ring (bicyclic) bond motifs is 2. The second kappa shape index (κ2) is 6.79. The average molecular weight is 384 g/mol. The maximum Gasteiger partial charge on any atom is 0.250 e. The van der Waals surface area contributed by atoms with Crippen LogP contribution in [0.1, 0.15) is 11.3 Å². The maximum atomic E-state index is 11.1. The monoisotopic (exact) mass is 384 g/mol. The van der Waals surface area contributed by atoms with E-state index < -0.39 is 5.91 Å². The van der Waals surface area contributed by atoms with Crippen molar-refractivity contribution in [1.82, 2.24) is 34.3 Å². The van der Waals surface area contributed by atoms with E-state index in [1.807, 2.05) is 18.2 Å². The summed E-state index contributed by atoms with van der Waals surface area (Å²) in [5.74, 6) is 0.0689. The Balaban J connectivity index is 1.49. The van der Waals surface area contributed by atoms with Gasteiger partial charge in [-0.05, 0) is 23.8 Å². The number of nitrogens with two attached hydrogens (primary N) is 1. The van der Waals surface area contributed by atoms with Crippen molar-refractivity contribution in [2.24, 2.45) is 5.73 Å². The Kier molecular flexibility index (Phi) is 3.98. The zero-order chi connectivity index (χ0) is 19.8. The van der Waals surface area contributed by atoms with Crippen LogP contribution in [0.3, 0.4) is 0 Å². The van der Waals surface area contributed by atoms with Crippen molar-refractivity contribution in [2.75, 3.05) is 0 Å². The van der Waals surface area contributed by atoms with Crippen LogP contribution >= 0.6 is 0 Å². The van der Waals surface area contributed by atoms with Crippen molar-refractivity contribution >= 4 is 22.6 Å². The molecule has 0 aliphatic heterocycles. The minimum Gasteiger partial charge on any atom is -0.368 e. The van der Waals surface area contributed by atoms with Crippen molar-refractivity contribution < 1.29 is 4.79 Å². The Morgan fingerprint density at radius 2 is 1.97 bits per heavy atom. The lowest BCUT2D eigenvalue weighted by atomic mass is 10.1. The molecule has 0 unspecified atom stereocenters. The van der Waals surface area contributed by atoms with Crippen molar-refractivity contribution in [3.8, 4) is 11.3 Å². The molecule has 5 rings (SSSR count). The summed E-state index contributed by atoms with van der Waals surface area (Å²) in [5.41, 5.74) is 9.61. The second-order valence-electron chi connectivity index (χ2n) is 6.70. The Morgan fingerprint density at radius 1 is 1.07 bits per heavy atom. The third kappa shape index (κ3) is 3.29. The number of hydrogen-bond acceptors (Lipinski definition) is 6. The molecule has 142 valence electrons. The number of aromatic nitrogens is 7. The first-order chi connectivity index (χ1) is 14.2. The molecule has 29 heavy (non-hydrogen) atoms. The smallest absolute Gasteiger partial charge is 0.250 e. The van der Waals surface area contributed by atoms with Gasteiger partial charge >= 0.3 is 0 Å². The van der Waals surface area contributed by atoms with Gasteiger partial charge in [0.2, 0.25) is 5.91 Å². The fourth-order valence-electron chi connectivity index (χ4n) is 3.26. The number of pyridine rings is 1. The summed E-state index contributed by atoms with van der Waals surface area (Å²) in [4.78, 5) is 24.2. The number of nitrogens with zero attached hydrogens (tertiary/aromatic N) is 7. The summed E-state index contributed by atoms with van der Waals surface area (Å²) in [6.07, 6.45) is 9.21. The molecule has 2 N–H and O–H groups in total. The Morgan fingerprint density at radius 3 is 2.86 bits per heavy atom. The number of imidazole rings is 1. The van der Waals surface area contributed by atoms with Gasteiger partial charge in [0.05, 0.1) is 29.8 Å². The van der Waals surface area contributed by atoms with E-state index in [-0.39, 0.29) is 6.54 Å². The summed E-state index contributed by atoms with van der Waals surface area (Å²) < 4.78 is 3.20. The van der Waals surface area contributed by atoms with E-state index in [0.29, 0.717) is 17.9 Å². The molecule has 4 heterocycles. The normalized spacial score (nSPS) is 11.3. The molecule has 0 aliphatic rings. The van der Waals surface area contributed by atoms with E-state index in [2.05, 4.69) is 37.3 Å². The van der Waals surface area contributed by atoms with Crippen molar-refractivity contribution in [1.29, 1.82) is 0 Å². The lowest BCUT2D eigenvalue weighted by molar-refractivity contribution is -0.118. The van der Waals surface area contributed by atoms with E-state index in [1.165, 1.54) is 4.68 Å². The number of carbonyl (C=O) groups is 1. The fourth-order valence-corrected chi connectivity index (χ4v) is 3.26. The van der Waals surface area contributed by atoms with Crippen LogP contribution in [-0.4, -0.2) is 40.3 Å². The molecule has 1 aromatic carbocycles. The van der Waals surface area contributed by atoms with Gasteiger partial charge in [-0.1, -0.05) is 12.1 Å². The van der Waals surface area contributed by atoms with Crippen molar-refractivity contribution in [3.05, 3.63) is 72.6 Å². The molecular formula is C20H16N8O. The van der Waals surface area contributed by atoms with Gasteiger partial charge in [-0.2, -0.15) is 10.2 Å². The highest BCUT2D eigenvalue weighted by atomic mass is 16.1. The number of benzene rings is 1. The van der Waals surface area contributed by atoms with Crippen LogP contribution < -0.4 is 5.73 Å². The van der Waals surface area contributed by atoms with E-state index in [4.69, 9.17) is 5.73 Å². The second-order valence-corrected chi connectivity index (χ2v) is 6.70. The van der Waals surface area contributed by atoms with Crippen LogP contribution in [-0.2, 0) is 17.8 Å². The summed E-state index contributed by atoms with van der Waals surface area (Å²) in [6.45, 7) is 0.0167. The Labute approximate surface area is 164 Å². The Hall–Kier alpha value is -4.14. The van der Waals surface area contributed by atoms with E-state index in [1.54, 1.807) is 35.5 Å². The molecule has 0 fully saturated rings. The van der Waals surface area contributed by atoms with Crippen LogP contribution in [0, 0.1) is 0 Å². The van der Waals surface area contributed by atoms with Crippen LogP contribution in [0.15, 0.2) is 61.3 Å². The summed E-state index contributed by atoms with van der Waals surface area (Å²) in [6, 6.07) is 10.2. The van der Waals surface area contributed by atoms with Gasteiger partial charge < -0.3 is 5.73 Å². The van der Waals surface area contributed by atoms with Crippen LogP contribution in [0.5, 0.6) is 0 Å². The van der Waals surface area contributed by atoms with Gasteiger partial charge in [-0.3, -0.25) is 14.5 Å². The maximum absolute atomic E-state index is 11.1. The SMILES string of the molecule is NC(=O)Cn1cc(-c2cnc3ncc(Cc4ccc5ncccc5c4)n3n2)cn1. The Bertz CT molecular complexity index is 1350. The lowest BCUT2D eigenvalue weighted by Gasteiger charge is -2.04. The number of carbonyl (C=O) groups excluding carboxylic acids is 1. The predicted molar refractivity (Wildman–Crippen MR) is 106 cm³/mol. The van der Waals surface area contributed by atoms with Gasteiger partial charge in [0.25, 0.3) is 5.78 Å². The molecule has 0 atom stereocenters. The summed E-state index contributed by atoms with van der Waals surface area (Å²) in [5, 5.41) is 9.89. The van der Waals surface area contributed by atoms with E-state index in [9.17, 15) is 4.79 Å². The predicted octanol–water partition coefficient (Wildman–Crippen LogP) is 1.61. The van der Waals surface area contributed by atoms with Gasteiger partial charge in [0.1, 0.15) is 12.2 Å². The van der Waals surface area contributed by atoms with E-state index >= 15 is 0 Å². The molecule has 1 amide bonds. The van der Waals surface area contributed by atoms with Crippen molar-refractivity contribution in [2.45, 2.75) is 13.0 Å². The molecular weight excluding hydrogens is 368 g/mol. The van der Waals surface area contributed by atoms with Gasteiger partial charge in [0, 0.05) is 29.8 Å². The number of rotatable bonds is 5. The first-order valence-electron chi connectivity index (χ1n) is 9.00. The number of hydrogen-bond donors (Lipinski definition) is 1. The van der Waals surface area contributed by atoms with Crippen LogP contribution in [0.4, 0.5) is 0 Å². The largest absolute Gasteiger partial charge is 0.368 e. The molecule has 0 radical (unpaired) electrons. The fraction of sp³-hybridized carbons (Fsp3) is 0.100. The first kappa shape index (κ1) is 17.0. The van der Waals surface area contributed by atoms with Gasteiger partial charge in [0.15, 0.2) is 0 Å². The minimum atomic E-state index is -0.455. The van der Waals surface area contributed by atoms with Crippen LogP contribution in [0.2, 0.25) is 0 Å². The molecule has 9 nitrogen and oxygen atoms in total. The van der Waals surface area contributed by atoms with Crippen molar-refractivity contribution in [3.63, 3.8) is 0 Å². The minimum absolute atomic E-state index is 0.0167. The van der Waals surface area contributed by atoms with Gasteiger partial charge in [-0.15, -0.1) is 0 Å². The highest BCUT2D eigenvalue weighted by Gasteiger charge is 2.11. The molecule has 5 aromatic rings. The van der Waals surface area contributed by atoms with Crippen LogP contribution in [0.25, 0.3) is 27.9 Å². The highest BCUT2D eigenvalue weighted by molar-refractivity contribution is 5.79. The standard InChI is InChI=1S/C20H16N8O/c21-19(29)12-27-11-15(8-25-27)18-10-24-20-23-9-16(28(20)26-18)7-13-3-4-17-14(6-13)2-1-5-22-17/h1-6,8-11H,7,12H2,(H2,21,29). The molecule has 0 aliphatic carbocycles. The quantitative estimate of drug-likeness (QED) is 0.492. The number of amides is 1. The third-order valence-electron chi connectivity index (χ3n) is 4.60. The zero-order valence-electron chi connectivity index (χ0n) is 15.3.